The number of allylic oxidation sites excluding steroid dienone is 3. The summed E-state index contributed by atoms with van der Waals surface area (Å²) < 4.78 is 5.43. The van der Waals surface area contributed by atoms with Gasteiger partial charge in [-0.25, -0.2) is 0 Å². The van der Waals surface area contributed by atoms with Crippen LogP contribution in [-0.4, -0.2) is 24.9 Å². The van der Waals surface area contributed by atoms with Crippen LogP contribution in [0.25, 0.3) is 16.5 Å². The third-order valence-electron chi connectivity index (χ3n) is 6.82. The standard InChI is InChI=1S/C26H31NO2/c1-7-20-15(2)24-23-21(26(20,4)5)14-17-10-8-9-11-18(17)22(23)19(12-13-29-6)25(27-24)16(3)28/h7-11,14,19,25,27-28H,3,12-13H2,1-2,4-6H3/b20-7+. The highest BCUT2D eigenvalue weighted by Crippen LogP contribution is 2.53. The van der Waals surface area contributed by atoms with Crippen molar-refractivity contribution >= 4 is 16.5 Å². The molecule has 2 unspecified atom stereocenters. The average molecular weight is 390 g/mol. The highest BCUT2D eigenvalue weighted by molar-refractivity contribution is 5.96. The van der Waals surface area contributed by atoms with E-state index in [-0.39, 0.29) is 23.1 Å². The number of nitrogens with one attached hydrogen (secondary N) is 1. The lowest BCUT2D eigenvalue weighted by atomic mass is 9.63. The molecule has 2 N–H and O–H groups in total. The summed E-state index contributed by atoms with van der Waals surface area (Å²) in [7, 11) is 1.73. The van der Waals surface area contributed by atoms with Gasteiger partial charge in [0.05, 0.1) is 6.04 Å². The van der Waals surface area contributed by atoms with E-state index in [1.54, 1.807) is 7.11 Å². The lowest BCUT2D eigenvalue weighted by Crippen LogP contribution is -2.44. The van der Waals surface area contributed by atoms with E-state index >= 15 is 0 Å². The van der Waals surface area contributed by atoms with E-state index in [2.05, 4.69) is 76.0 Å². The van der Waals surface area contributed by atoms with Crippen molar-refractivity contribution in [1.29, 1.82) is 0 Å². The SMILES string of the molecule is C=C(O)C1NC2=C(C)/C(=C\C)C(C)(C)c3cc4ccccc4c(c32)C1CCOC. The number of rotatable bonds is 4. The minimum atomic E-state index is -0.236. The van der Waals surface area contributed by atoms with E-state index in [0.29, 0.717) is 6.61 Å². The Morgan fingerprint density at radius 3 is 2.69 bits per heavy atom. The van der Waals surface area contributed by atoms with Gasteiger partial charge < -0.3 is 15.2 Å². The van der Waals surface area contributed by atoms with Crippen LogP contribution in [0.5, 0.6) is 0 Å². The van der Waals surface area contributed by atoms with Crippen molar-refractivity contribution in [1.82, 2.24) is 5.32 Å². The van der Waals surface area contributed by atoms with Crippen molar-refractivity contribution in [3.8, 4) is 0 Å². The summed E-state index contributed by atoms with van der Waals surface area (Å²) in [6, 6.07) is 10.7. The Labute approximate surface area is 173 Å². The molecule has 0 fully saturated rings. The van der Waals surface area contributed by atoms with Crippen molar-refractivity contribution < 1.29 is 9.84 Å². The molecule has 2 aromatic rings. The fraction of sp³-hybridized carbons (Fsp3) is 0.385. The Bertz CT molecular complexity index is 1060. The van der Waals surface area contributed by atoms with E-state index in [4.69, 9.17) is 4.74 Å². The van der Waals surface area contributed by atoms with Crippen LogP contribution in [0.15, 0.2) is 59.9 Å². The highest BCUT2D eigenvalue weighted by Gasteiger charge is 2.43. The van der Waals surface area contributed by atoms with Gasteiger partial charge in [0.1, 0.15) is 5.76 Å². The Kier molecular flexibility index (Phi) is 4.82. The second-order valence-electron chi connectivity index (χ2n) is 8.76. The zero-order valence-electron chi connectivity index (χ0n) is 18.1. The third-order valence-corrected chi connectivity index (χ3v) is 6.82. The van der Waals surface area contributed by atoms with Gasteiger partial charge in [-0.15, -0.1) is 0 Å². The van der Waals surface area contributed by atoms with Gasteiger partial charge >= 0.3 is 0 Å². The smallest absolute Gasteiger partial charge is 0.108 e. The second-order valence-corrected chi connectivity index (χ2v) is 8.76. The molecule has 2 aromatic carbocycles. The zero-order chi connectivity index (χ0) is 20.9. The monoisotopic (exact) mass is 389 g/mol. The number of fused-ring (bicyclic) bond motifs is 2. The maximum absolute atomic E-state index is 10.5. The van der Waals surface area contributed by atoms with Crippen LogP contribution in [0, 0.1) is 0 Å². The first kappa shape index (κ1) is 19.8. The number of aliphatic hydroxyl groups is 1. The second kappa shape index (κ2) is 7.07. The Morgan fingerprint density at radius 1 is 1.31 bits per heavy atom. The first-order valence-corrected chi connectivity index (χ1v) is 10.4. The van der Waals surface area contributed by atoms with Gasteiger partial charge in [0.2, 0.25) is 0 Å². The lowest BCUT2D eigenvalue weighted by molar-refractivity contribution is 0.179. The number of aliphatic hydroxyl groups excluding tert-OH is 1. The third kappa shape index (κ3) is 2.83. The number of hydrogen-bond acceptors (Lipinski definition) is 3. The topological polar surface area (TPSA) is 41.5 Å². The number of benzene rings is 2. The molecule has 0 amide bonds. The van der Waals surface area contributed by atoms with E-state index < -0.39 is 0 Å². The van der Waals surface area contributed by atoms with Gasteiger partial charge in [-0.05, 0) is 59.4 Å². The predicted molar refractivity (Wildman–Crippen MR) is 121 cm³/mol. The van der Waals surface area contributed by atoms with Crippen LogP contribution >= 0.6 is 0 Å². The van der Waals surface area contributed by atoms with Crippen molar-refractivity contribution in [2.45, 2.75) is 51.5 Å². The molecule has 4 rings (SSSR count). The molecule has 152 valence electrons. The summed E-state index contributed by atoms with van der Waals surface area (Å²) in [6.45, 7) is 13.5. The molecule has 0 bridgehead atoms. The van der Waals surface area contributed by atoms with Gasteiger partial charge in [0.25, 0.3) is 0 Å². The van der Waals surface area contributed by atoms with E-state index in [9.17, 15) is 5.11 Å². The molecule has 2 atom stereocenters. The molecule has 0 saturated heterocycles. The van der Waals surface area contributed by atoms with Gasteiger partial charge in [-0.3, -0.25) is 0 Å². The van der Waals surface area contributed by atoms with Crippen molar-refractivity contribution in [3.05, 3.63) is 76.6 Å². The maximum atomic E-state index is 10.5. The summed E-state index contributed by atoms with van der Waals surface area (Å²) in [4.78, 5) is 0. The lowest BCUT2D eigenvalue weighted by Gasteiger charge is -2.45. The molecule has 1 heterocycles. The van der Waals surface area contributed by atoms with Gasteiger partial charge in [0.15, 0.2) is 0 Å². The molecule has 1 aliphatic heterocycles. The number of methoxy groups -OCH3 is 1. The molecule has 0 saturated carbocycles. The van der Waals surface area contributed by atoms with Crippen LogP contribution in [0.2, 0.25) is 0 Å². The van der Waals surface area contributed by atoms with Crippen molar-refractivity contribution in [2.75, 3.05) is 13.7 Å². The first-order valence-electron chi connectivity index (χ1n) is 10.4. The summed E-state index contributed by atoms with van der Waals surface area (Å²) >= 11 is 0. The number of ether oxygens (including phenoxy) is 1. The van der Waals surface area contributed by atoms with Crippen LogP contribution in [0.1, 0.15) is 56.7 Å². The van der Waals surface area contributed by atoms with Gasteiger partial charge in [-0.1, -0.05) is 50.8 Å². The van der Waals surface area contributed by atoms with E-state index in [1.807, 2.05) is 0 Å². The fourth-order valence-electron chi connectivity index (χ4n) is 5.51. The van der Waals surface area contributed by atoms with Gasteiger partial charge in [0, 0.05) is 36.3 Å². The molecular weight excluding hydrogens is 358 g/mol. The normalized spacial score (nSPS) is 23.8. The minimum Gasteiger partial charge on any atom is -0.511 e. The van der Waals surface area contributed by atoms with Crippen LogP contribution in [-0.2, 0) is 10.2 Å². The van der Waals surface area contributed by atoms with Crippen LogP contribution in [0.3, 0.4) is 0 Å². The summed E-state index contributed by atoms with van der Waals surface area (Å²) in [5.41, 5.74) is 7.57. The molecule has 1 aliphatic carbocycles. The maximum Gasteiger partial charge on any atom is 0.108 e. The summed E-state index contributed by atoms with van der Waals surface area (Å²) in [5, 5.41) is 16.7. The quantitative estimate of drug-likeness (QED) is 0.633. The van der Waals surface area contributed by atoms with Crippen LogP contribution < -0.4 is 5.32 Å². The van der Waals surface area contributed by atoms with E-state index in [0.717, 1.165) is 12.1 Å². The van der Waals surface area contributed by atoms with Gasteiger partial charge in [-0.2, -0.15) is 0 Å². The largest absolute Gasteiger partial charge is 0.511 e. The summed E-state index contributed by atoms with van der Waals surface area (Å²) in [6.07, 6.45) is 3.04. The molecule has 0 radical (unpaired) electrons. The minimum absolute atomic E-state index is 0.0896. The molecular formula is C26H31NO2. The Hall–Kier alpha value is -2.52. The molecule has 29 heavy (non-hydrogen) atoms. The van der Waals surface area contributed by atoms with Crippen LogP contribution in [0.4, 0.5) is 0 Å². The predicted octanol–water partition coefficient (Wildman–Crippen LogP) is 5.97. The molecule has 3 heteroatoms. The first-order chi connectivity index (χ1) is 13.8. The van der Waals surface area contributed by atoms with Crippen molar-refractivity contribution in [3.63, 3.8) is 0 Å². The molecule has 3 nitrogen and oxygen atoms in total. The number of hydrogen-bond donors (Lipinski definition) is 2. The Morgan fingerprint density at radius 2 is 2.03 bits per heavy atom. The molecule has 0 spiro atoms. The van der Waals surface area contributed by atoms with Crippen molar-refractivity contribution in [2.24, 2.45) is 0 Å². The average Bonchev–Trinajstić information content (AvgIpc) is 2.69. The zero-order valence-corrected chi connectivity index (χ0v) is 18.1. The fourth-order valence-corrected chi connectivity index (χ4v) is 5.51. The summed E-state index contributed by atoms with van der Waals surface area (Å²) in [5.74, 6) is 0.269. The molecule has 0 aromatic heterocycles. The highest BCUT2D eigenvalue weighted by atomic mass is 16.5. The molecule has 2 aliphatic rings. The Balaban J connectivity index is 2.15. The van der Waals surface area contributed by atoms with E-state index in [1.165, 1.54) is 38.6 Å².